The molecule has 0 saturated carbocycles. The molecule has 144 valence electrons. The minimum atomic E-state index is 0. The minimum Gasteiger partial charge on any atom is -0.497 e. The van der Waals surface area contributed by atoms with Crippen molar-refractivity contribution in [2.24, 2.45) is 5.92 Å². The summed E-state index contributed by atoms with van der Waals surface area (Å²) in [7, 11) is 1.61. The van der Waals surface area contributed by atoms with Gasteiger partial charge in [0.2, 0.25) is 5.91 Å². The number of nitrogens with one attached hydrogen (secondary N) is 1. The van der Waals surface area contributed by atoms with E-state index in [0.29, 0.717) is 44.1 Å². The summed E-state index contributed by atoms with van der Waals surface area (Å²) in [4.78, 5) is 28.6. The predicted octanol–water partition coefficient (Wildman–Crippen LogP) is 1.79. The molecule has 1 N–H and O–H groups in total. The second kappa shape index (κ2) is 9.78. The van der Waals surface area contributed by atoms with Crippen molar-refractivity contribution < 1.29 is 14.3 Å². The molecule has 2 heterocycles. The van der Waals surface area contributed by atoms with E-state index in [-0.39, 0.29) is 24.2 Å². The fraction of sp³-hybridized carbons (Fsp3) is 0.579. The standard InChI is InChI=1S/C19H27N3O3.ClH/c1-25-17-5-3-16(4-6-17)19(24)22-12-10-21(11-13-22)18(23)7-2-15-8-9-20-14-15;/h3-6,15,20H,2,7-14H2,1H3;1H. The maximum Gasteiger partial charge on any atom is 0.253 e. The van der Waals surface area contributed by atoms with Crippen molar-refractivity contribution in [3.05, 3.63) is 29.8 Å². The molecule has 0 aromatic heterocycles. The number of nitrogens with zero attached hydrogens (tertiary/aromatic N) is 2. The van der Waals surface area contributed by atoms with E-state index in [1.54, 1.807) is 31.4 Å². The van der Waals surface area contributed by atoms with Gasteiger partial charge in [-0.1, -0.05) is 0 Å². The van der Waals surface area contributed by atoms with Gasteiger partial charge in [0, 0.05) is 38.2 Å². The zero-order chi connectivity index (χ0) is 17.6. The fourth-order valence-corrected chi connectivity index (χ4v) is 3.52. The van der Waals surface area contributed by atoms with Crippen LogP contribution in [0.3, 0.4) is 0 Å². The Hall–Kier alpha value is -1.79. The molecule has 2 aliphatic rings. The van der Waals surface area contributed by atoms with Crippen molar-refractivity contribution >= 4 is 24.2 Å². The number of hydrogen-bond donors (Lipinski definition) is 1. The van der Waals surface area contributed by atoms with Gasteiger partial charge in [-0.15, -0.1) is 12.4 Å². The number of carbonyl (C=O) groups is 2. The van der Waals surface area contributed by atoms with E-state index in [9.17, 15) is 9.59 Å². The minimum absolute atomic E-state index is 0. The Bertz CT molecular complexity index is 595. The lowest BCUT2D eigenvalue weighted by Crippen LogP contribution is -2.50. The Labute approximate surface area is 161 Å². The zero-order valence-corrected chi connectivity index (χ0v) is 16.1. The Kier molecular flexibility index (Phi) is 7.72. The molecule has 2 fully saturated rings. The molecule has 0 bridgehead atoms. The van der Waals surface area contributed by atoms with Crippen LogP contribution in [-0.2, 0) is 4.79 Å². The molecule has 26 heavy (non-hydrogen) atoms. The number of amides is 2. The van der Waals surface area contributed by atoms with Crippen LogP contribution in [0.1, 0.15) is 29.6 Å². The highest BCUT2D eigenvalue weighted by molar-refractivity contribution is 5.94. The molecule has 0 spiro atoms. The van der Waals surface area contributed by atoms with Gasteiger partial charge in [0.15, 0.2) is 0 Å². The number of piperazine rings is 1. The third-order valence-corrected chi connectivity index (χ3v) is 5.19. The number of benzene rings is 1. The molecule has 7 heteroatoms. The van der Waals surface area contributed by atoms with Gasteiger partial charge in [-0.25, -0.2) is 0 Å². The Morgan fingerprint density at radius 2 is 1.77 bits per heavy atom. The summed E-state index contributed by atoms with van der Waals surface area (Å²) in [6, 6.07) is 7.17. The molecule has 3 rings (SSSR count). The quantitative estimate of drug-likeness (QED) is 0.844. The Balaban J connectivity index is 0.00000243. The second-order valence-corrected chi connectivity index (χ2v) is 6.80. The molecular formula is C19H28ClN3O3. The van der Waals surface area contributed by atoms with E-state index in [2.05, 4.69) is 5.32 Å². The highest BCUT2D eigenvalue weighted by Gasteiger charge is 2.25. The maximum absolute atomic E-state index is 12.6. The molecule has 6 nitrogen and oxygen atoms in total. The first kappa shape index (κ1) is 20.5. The number of ether oxygens (including phenoxy) is 1. The normalized spacial score (nSPS) is 19.8. The van der Waals surface area contributed by atoms with Crippen molar-refractivity contribution in [3.8, 4) is 5.75 Å². The number of methoxy groups -OCH3 is 1. The van der Waals surface area contributed by atoms with Crippen LogP contribution in [0.5, 0.6) is 5.75 Å². The lowest BCUT2D eigenvalue weighted by atomic mass is 10.0. The average molecular weight is 382 g/mol. The predicted molar refractivity (Wildman–Crippen MR) is 103 cm³/mol. The van der Waals surface area contributed by atoms with Crippen LogP contribution in [-0.4, -0.2) is 68.0 Å². The van der Waals surface area contributed by atoms with E-state index < -0.39 is 0 Å². The molecule has 2 saturated heterocycles. The first-order valence-corrected chi connectivity index (χ1v) is 9.09. The Morgan fingerprint density at radius 1 is 1.12 bits per heavy atom. The van der Waals surface area contributed by atoms with Crippen LogP contribution in [0.2, 0.25) is 0 Å². The molecule has 0 aliphatic carbocycles. The summed E-state index contributed by atoms with van der Waals surface area (Å²) < 4.78 is 5.12. The lowest BCUT2D eigenvalue weighted by molar-refractivity contribution is -0.132. The lowest BCUT2D eigenvalue weighted by Gasteiger charge is -2.35. The molecule has 1 unspecified atom stereocenters. The smallest absolute Gasteiger partial charge is 0.253 e. The van der Waals surface area contributed by atoms with E-state index in [0.717, 1.165) is 25.3 Å². The van der Waals surface area contributed by atoms with Gasteiger partial charge in [-0.2, -0.15) is 0 Å². The number of halogens is 1. The van der Waals surface area contributed by atoms with Crippen LogP contribution in [0, 0.1) is 5.92 Å². The third-order valence-electron chi connectivity index (χ3n) is 5.19. The van der Waals surface area contributed by atoms with Crippen molar-refractivity contribution in [1.29, 1.82) is 0 Å². The summed E-state index contributed by atoms with van der Waals surface area (Å²) in [5.41, 5.74) is 0.661. The molecule has 2 aliphatic heterocycles. The SMILES string of the molecule is COc1ccc(C(=O)N2CCN(C(=O)CCC3CCNC3)CC2)cc1.Cl. The second-order valence-electron chi connectivity index (χ2n) is 6.80. The number of hydrogen-bond acceptors (Lipinski definition) is 4. The van der Waals surface area contributed by atoms with Crippen LogP contribution in [0.25, 0.3) is 0 Å². The summed E-state index contributed by atoms with van der Waals surface area (Å²) in [6.45, 7) is 4.57. The topological polar surface area (TPSA) is 61.9 Å². The van der Waals surface area contributed by atoms with E-state index >= 15 is 0 Å². The van der Waals surface area contributed by atoms with Crippen LogP contribution in [0.4, 0.5) is 0 Å². The van der Waals surface area contributed by atoms with Gasteiger partial charge in [-0.3, -0.25) is 9.59 Å². The summed E-state index contributed by atoms with van der Waals surface area (Å²) >= 11 is 0. The van der Waals surface area contributed by atoms with Crippen molar-refractivity contribution in [3.63, 3.8) is 0 Å². The zero-order valence-electron chi connectivity index (χ0n) is 15.3. The highest BCUT2D eigenvalue weighted by atomic mass is 35.5. The van der Waals surface area contributed by atoms with Crippen LogP contribution < -0.4 is 10.1 Å². The van der Waals surface area contributed by atoms with E-state index in [1.165, 1.54) is 6.42 Å². The van der Waals surface area contributed by atoms with Crippen molar-refractivity contribution in [2.75, 3.05) is 46.4 Å². The summed E-state index contributed by atoms with van der Waals surface area (Å²) in [5.74, 6) is 1.63. The summed E-state index contributed by atoms with van der Waals surface area (Å²) in [6.07, 6.45) is 2.77. The molecule has 2 amide bonds. The van der Waals surface area contributed by atoms with Crippen molar-refractivity contribution in [1.82, 2.24) is 15.1 Å². The third kappa shape index (κ3) is 5.11. The number of carbonyl (C=O) groups excluding carboxylic acids is 2. The molecule has 1 aromatic carbocycles. The van der Waals surface area contributed by atoms with Gasteiger partial charge in [-0.05, 0) is 56.1 Å². The summed E-state index contributed by atoms with van der Waals surface area (Å²) in [5, 5.41) is 3.34. The van der Waals surface area contributed by atoms with Gasteiger partial charge in [0.05, 0.1) is 7.11 Å². The fourth-order valence-electron chi connectivity index (χ4n) is 3.52. The van der Waals surface area contributed by atoms with Gasteiger partial charge >= 0.3 is 0 Å². The molecular weight excluding hydrogens is 354 g/mol. The Morgan fingerprint density at radius 3 is 2.35 bits per heavy atom. The van der Waals surface area contributed by atoms with Gasteiger partial charge in [0.1, 0.15) is 5.75 Å². The first-order valence-electron chi connectivity index (χ1n) is 9.09. The van der Waals surface area contributed by atoms with Crippen molar-refractivity contribution in [2.45, 2.75) is 19.3 Å². The highest BCUT2D eigenvalue weighted by Crippen LogP contribution is 2.17. The van der Waals surface area contributed by atoms with Crippen LogP contribution >= 0.6 is 12.4 Å². The van der Waals surface area contributed by atoms with E-state index in [1.807, 2.05) is 9.80 Å². The molecule has 1 atom stereocenters. The van der Waals surface area contributed by atoms with Gasteiger partial charge < -0.3 is 19.9 Å². The molecule has 0 radical (unpaired) electrons. The van der Waals surface area contributed by atoms with Gasteiger partial charge in [0.25, 0.3) is 5.91 Å². The maximum atomic E-state index is 12.6. The monoisotopic (exact) mass is 381 g/mol. The first-order chi connectivity index (χ1) is 12.2. The largest absolute Gasteiger partial charge is 0.497 e. The number of rotatable bonds is 5. The molecule has 1 aromatic rings. The average Bonchev–Trinajstić information content (AvgIpc) is 3.19. The van der Waals surface area contributed by atoms with E-state index in [4.69, 9.17) is 4.74 Å². The van der Waals surface area contributed by atoms with Crippen LogP contribution in [0.15, 0.2) is 24.3 Å².